The Morgan fingerprint density at radius 2 is 2.16 bits per heavy atom. The van der Waals surface area contributed by atoms with Crippen LogP contribution < -0.4 is 4.74 Å². The summed E-state index contributed by atoms with van der Waals surface area (Å²) in [5.74, 6) is 2.14. The second-order valence-corrected chi connectivity index (χ2v) is 5.45. The summed E-state index contributed by atoms with van der Waals surface area (Å²) >= 11 is 5.31. The second kappa shape index (κ2) is 5.57. The van der Waals surface area contributed by atoms with Gasteiger partial charge in [-0.1, -0.05) is 25.5 Å². The molecule has 0 radical (unpaired) electrons. The summed E-state index contributed by atoms with van der Waals surface area (Å²) in [7, 11) is 1.67. The first-order valence-electron chi connectivity index (χ1n) is 6.33. The summed E-state index contributed by atoms with van der Waals surface area (Å²) < 4.78 is 8.09. The molecule has 0 amide bonds. The van der Waals surface area contributed by atoms with Crippen LogP contribution in [-0.2, 0) is 6.54 Å². The Bertz CT molecular complexity index is 628. The molecule has 0 fully saturated rings. The molecule has 4 nitrogen and oxygen atoms in total. The molecule has 102 valence electrons. The Hall–Kier alpha value is -1.62. The van der Waals surface area contributed by atoms with E-state index < -0.39 is 0 Å². The van der Waals surface area contributed by atoms with Crippen molar-refractivity contribution in [1.29, 1.82) is 0 Å². The Morgan fingerprint density at radius 3 is 2.79 bits per heavy atom. The fourth-order valence-corrected chi connectivity index (χ4v) is 2.26. The molecule has 1 aromatic heterocycles. The van der Waals surface area contributed by atoms with Crippen molar-refractivity contribution in [3.63, 3.8) is 0 Å². The van der Waals surface area contributed by atoms with E-state index in [4.69, 9.17) is 17.0 Å². The zero-order valence-electron chi connectivity index (χ0n) is 11.7. The average Bonchev–Trinajstić information content (AvgIpc) is 2.70. The van der Waals surface area contributed by atoms with Gasteiger partial charge in [-0.2, -0.15) is 5.10 Å². The van der Waals surface area contributed by atoms with Crippen LogP contribution in [0.15, 0.2) is 18.2 Å². The molecule has 0 aliphatic carbocycles. The van der Waals surface area contributed by atoms with Crippen LogP contribution in [0.3, 0.4) is 0 Å². The summed E-state index contributed by atoms with van der Waals surface area (Å²) in [6.07, 6.45) is 0. The zero-order chi connectivity index (χ0) is 14.0. The first-order valence-corrected chi connectivity index (χ1v) is 6.74. The largest absolute Gasteiger partial charge is 0.496 e. The summed E-state index contributed by atoms with van der Waals surface area (Å²) in [5.41, 5.74) is 2.14. The number of hydrogen-bond donors (Lipinski definition) is 1. The van der Waals surface area contributed by atoms with E-state index in [0.717, 1.165) is 23.7 Å². The number of aromatic amines is 1. The molecular formula is C14H19N3OS. The minimum Gasteiger partial charge on any atom is -0.496 e. The van der Waals surface area contributed by atoms with E-state index in [1.54, 1.807) is 7.11 Å². The van der Waals surface area contributed by atoms with Crippen LogP contribution in [0.5, 0.6) is 5.75 Å². The van der Waals surface area contributed by atoms with Crippen LogP contribution in [0.4, 0.5) is 0 Å². The van der Waals surface area contributed by atoms with Crippen LogP contribution in [0.2, 0.25) is 0 Å². The molecule has 19 heavy (non-hydrogen) atoms. The number of aromatic nitrogens is 3. The quantitative estimate of drug-likeness (QED) is 0.869. The predicted molar refractivity (Wildman–Crippen MR) is 79.0 cm³/mol. The van der Waals surface area contributed by atoms with E-state index >= 15 is 0 Å². The van der Waals surface area contributed by atoms with Gasteiger partial charge in [-0.15, -0.1) is 0 Å². The van der Waals surface area contributed by atoms with Crippen molar-refractivity contribution in [2.45, 2.75) is 27.3 Å². The first kappa shape index (κ1) is 13.8. The van der Waals surface area contributed by atoms with Crippen molar-refractivity contribution in [1.82, 2.24) is 14.8 Å². The maximum absolute atomic E-state index is 5.42. The van der Waals surface area contributed by atoms with Crippen LogP contribution in [0, 0.1) is 17.6 Å². The highest BCUT2D eigenvalue weighted by atomic mass is 32.1. The molecule has 0 saturated heterocycles. The fraction of sp³-hybridized carbons (Fsp3) is 0.429. The van der Waals surface area contributed by atoms with Crippen LogP contribution in [0.25, 0.3) is 11.4 Å². The summed E-state index contributed by atoms with van der Waals surface area (Å²) in [4.78, 5) is 0. The molecule has 0 unspecified atom stereocenters. The lowest BCUT2D eigenvalue weighted by molar-refractivity contribution is 0.415. The lowest BCUT2D eigenvalue weighted by Gasteiger charge is -2.12. The molecule has 2 aromatic rings. The molecule has 0 bridgehead atoms. The van der Waals surface area contributed by atoms with E-state index in [0.29, 0.717) is 10.7 Å². The van der Waals surface area contributed by atoms with E-state index in [9.17, 15) is 0 Å². The minimum absolute atomic E-state index is 0.499. The van der Waals surface area contributed by atoms with Gasteiger partial charge in [0.05, 0.1) is 12.7 Å². The van der Waals surface area contributed by atoms with Crippen molar-refractivity contribution >= 4 is 12.2 Å². The highest BCUT2D eigenvalue weighted by Crippen LogP contribution is 2.29. The van der Waals surface area contributed by atoms with Gasteiger partial charge in [0, 0.05) is 6.54 Å². The molecule has 0 aliphatic heterocycles. The van der Waals surface area contributed by atoms with Crippen LogP contribution in [0.1, 0.15) is 19.4 Å². The van der Waals surface area contributed by atoms with Gasteiger partial charge in [-0.05, 0) is 37.2 Å². The number of nitrogens with zero attached hydrogens (tertiary/aromatic N) is 2. The minimum atomic E-state index is 0.499. The molecule has 1 heterocycles. The number of hydrogen-bond acceptors (Lipinski definition) is 3. The number of methoxy groups -OCH3 is 1. The van der Waals surface area contributed by atoms with E-state index in [-0.39, 0.29) is 0 Å². The fourth-order valence-electron chi connectivity index (χ4n) is 2.05. The van der Waals surface area contributed by atoms with Crippen molar-refractivity contribution in [3.8, 4) is 17.1 Å². The molecule has 1 N–H and O–H groups in total. The standard InChI is InChI=1S/C14H19N3OS/c1-9(2)8-17-13(15-16-14(17)19)11-7-10(3)5-6-12(11)18-4/h5-7,9H,8H2,1-4H3,(H,16,19). The molecule has 2 rings (SSSR count). The maximum atomic E-state index is 5.42. The van der Waals surface area contributed by atoms with Gasteiger partial charge in [0.1, 0.15) is 5.75 Å². The number of nitrogens with one attached hydrogen (secondary N) is 1. The Morgan fingerprint density at radius 1 is 1.42 bits per heavy atom. The molecule has 0 spiro atoms. The molecule has 0 atom stereocenters. The number of rotatable bonds is 4. The third-order valence-electron chi connectivity index (χ3n) is 2.90. The van der Waals surface area contributed by atoms with E-state index in [1.807, 2.05) is 16.7 Å². The second-order valence-electron chi connectivity index (χ2n) is 5.06. The molecule has 0 saturated carbocycles. The topological polar surface area (TPSA) is 42.8 Å². The van der Waals surface area contributed by atoms with Gasteiger partial charge >= 0.3 is 0 Å². The van der Waals surface area contributed by atoms with Gasteiger partial charge in [0.15, 0.2) is 10.6 Å². The van der Waals surface area contributed by atoms with Crippen molar-refractivity contribution in [3.05, 3.63) is 28.5 Å². The number of benzene rings is 1. The predicted octanol–water partition coefficient (Wildman–Crippen LogP) is 3.58. The molecule has 0 aliphatic rings. The average molecular weight is 277 g/mol. The summed E-state index contributed by atoms with van der Waals surface area (Å²) in [6.45, 7) is 7.21. The SMILES string of the molecule is COc1ccc(C)cc1-c1n[nH]c(=S)n1CC(C)C. The van der Waals surface area contributed by atoms with E-state index in [1.165, 1.54) is 5.56 Å². The Kier molecular flexibility index (Phi) is 4.04. The van der Waals surface area contributed by atoms with Crippen LogP contribution in [-0.4, -0.2) is 21.9 Å². The number of ether oxygens (including phenoxy) is 1. The highest BCUT2D eigenvalue weighted by molar-refractivity contribution is 7.71. The smallest absolute Gasteiger partial charge is 0.195 e. The first-order chi connectivity index (χ1) is 9.02. The van der Waals surface area contributed by atoms with Gasteiger partial charge in [-0.3, -0.25) is 9.67 Å². The highest BCUT2D eigenvalue weighted by Gasteiger charge is 2.14. The van der Waals surface area contributed by atoms with Crippen LogP contribution >= 0.6 is 12.2 Å². The van der Waals surface area contributed by atoms with E-state index in [2.05, 4.69) is 37.0 Å². The summed E-state index contributed by atoms with van der Waals surface area (Å²) in [6, 6.07) is 6.05. The lowest BCUT2D eigenvalue weighted by Crippen LogP contribution is -2.07. The monoisotopic (exact) mass is 277 g/mol. The third-order valence-corrected chi connectivity index (χ3v) is 3.21. The molecular weight excluding hydrogens is 258 g/mol. The lowest BCUT2D eigenvalue weighted by atomic mass is 10.1. The normalized spacial score (nSPS) is 11.0. The van der Waals surface area contributed by atoms with Crippen molar-refractivity contribution in [2.24, 2.45) is 5.92 Å². The van der Waals surface area contributed by atoms with Gasteiger partial charge in [-0.25, -0.2) is 0 Å². The Labute approximate surface area is 118 Å². The maximum Gasteiger partial charge on any atom is 0.195 e. The van der Waals surface area contributed by atoms with Gasteiger partial charge < -0.3 is 4.74 Å². The molecule has 5 heteroatoms. The summed E-state index contributed by atoms with van der Waals surface area (Å²) in [5, 5.41) is 7.23. The number of H-pyrrole nitrogens is 1. The Balaban J connectivity index is 2.59. The van der Waals surface area contributed by atoms with Gasteiger partial charge in [0.2, 0.25) is 0 Å². The molecule has 1 aromatic carbocycles. The van der Waals surface area contributed by atoms with Gasteiger partial charge in [0.25, 0.3) is 0 Å². The zero-order valence-corrected chi connectivity index (χ0v) is 12.5. The third kappa shape index (κ3) is 2.87. The van der Waals surface area contributed by atoms with Crippen molar-refractivity contribution < 1.29 is 4.74 Å². The number of aryl methyl sites for hydroxylation is 1. The van der Waals surface area contributed by atoms with Crippen molar-refractivity contribution in [2.75, 3.05) is 7.11 Å².